The number of fused-ring (bicyclic) bond motifs is 1. The number of hydrogen-bond donors (Lipinski definition) is 0. The van der Waals surface area contributed by atoms with Gasteiger partial charge in [-0.25, -0.2) is 4.79 Å². The second-order valence-electron chi connectivity index (χ2n) is 7.69. The summed E-state index contributed by atoms with van der Waals surface area (Å²) in [7, 11) is 0. The van der Waals surface area contributed by atoms with Crippen LogP contribution in [0.2, 0.25) is 5.02 Å². The Kier molecular flexibility index (Phi) is 5.47. The van der Waals surface area contributed by atoms with Crippen LogP contribution < -0.4 is 16.2 Å². The molecule has 1 aliphatic heterocycles. The molecule has 0 radical (unpaired) electrons. The summed E-state index contributed by atoms with van der Waals surface area (Å²) in [5, 5.41) is 4.36. The standard InChI is InChI=1S/C23H20ClN5O4/c24-21-18(14-25-29(22(21)31)16-6-2-1-3-7-16)26-10-12-27(13-11-26)20(30)15-28-17-8-4-5-9-19(17)33-23(28)32/h1-9,14H,10-13,15H2. The maximum Gasteiger partial charge on any atom is 0.420 e. The third kappa shape index (κ3) is 3.91. The Morgan fingerprint density at radius 1 is 0.970 bits per heavy atom. The van der Waals surface area contributed by atoms with Crippen molar-refractivity contribution < 1.29 is 9.21 Å². The Morgan fingerprint density at radius 3 is 2.42 bits per heavy atom. The number of carbonyl (C=O) groups is 1. The largest absolute Gasteiger partial charge is 0.420 e. The zero-order valence-corrected chi connectivity index (χ0v) is 18.3. The van der Waals surface area contributed by atoms with E-state index in [2.05, 4.69) is 5.10 Å². The maximum atomic E-state index is 12.8. The summed E-state index contributed by atoms with van der Waals surface area (Å²) in [6, 6.07) is 16.1. The monoisotopic (exact) mass is 465 g/mol. The minimum Gasteiger partial charge on any atom is -0.408 e. The van der Waals surface area contributed by atoms with Crippen LogP contribution in [-0.2, 0) is 11.3 Å². The van der Waals surface area contributed by atoms with E-state index in [9.17, 15) is 14.4 Å². The fraction of sp³-hybridized carbons (Fsp3) is 0.217. The number of amides is 1. The number of benzene rings is 2. The fourth-order valence-electron chi connectivity index (χ4n) is 3.99. The summed E-state index contributed by atoms with van der Waals surface area (Å²) in [5.41, 5.74) is 1.82. The van der Waals surface area contributed by atoms with Crippen molar-refractivity contribution >= 4 is 34.3 Å². The highest BCUT2D eigenvalue weighted by Crippen LogP contribution is 2.23. The molecule has 2 aromatic carbocycles. The number of oxazole rings is 1. The topological polar surface area (TPSA) is 93.6 Å². The molecule has 9 nitrogen and oxygen atoms in total. The molecule has 0 unspecified atom stereocenters. The molecule has 1 amide bonds. The molecule has 1 aliphatic rings. The van der Waals surface area contributed by atoms with Crippen LogP contribution in [0.4, 0.5) is 5.69 Å². The van der Waals surface area contributed by atoms with Gasteiger partial charge in [0.2, 0.25) is 5.91 Å². The van der Waals surface area contributed by atoms with E-state index in [0.29, 0.717) is 48.7 Å². The molecular formula is C23H20ClN5O4. The predicted molar refractivity (Wildman–Crippen MR) is 124 cm³/mol. The van der Waals surface area contributed by atoms with Crippen molar-refractivity contribution in [2.24, 2.45) is 0 Å². The summed E-state index contributed by atoms with van der Waals surface area (Å²) in [6.45, 7) is 1.75. The van der Waals surface area contributed by atoms with Gasteiger partial charge in [-0.3, -0.25) is 14.2 Å². The number of carbonyl (C=O) groups excluding carboxylic acids is 1. The first-order chi connectivity index (χ1) is 16.0. The molecule has 1 saturated heterocycles. The Balaban J connectivity index is 1.29. The van der Waals surface area contributed by atoms with E-state index in [0.717, 1.165) is 0 Å². The van der Waals surface area contributed by atoms with E-state index in [1.165, 1.54) is 9.25 Å². The van der Waals surface area contributed by atoms with Gasteiger partial charge in [-0.05, 0) is 24.3 Å². The lowest BCUT2D eigenvalue weighted by atomic mass is 10.2. The molecule has 0 aliphatic carbocycles. The van der Waals surface area contributed by atoms with Gasteiger partial charge >= 0.3 is 5.76 Å². The minimum atomic E-state index is -0.556. The average Bonchev–Trinajstić information content (AvgIpc) is 3.16. The first-order valence-electron chi connectivity index (χ1n) is 10.5. The molecule has 4 aromatic rings. The van der Waals surface area contributed by atoms with Gasteiger partial charge in [-0.2, -0.15) is 9.78 Å². The number of halogens is 1. The van der Waals surface area contributed by atoms with Gasteiger partial charge < -0.3 is 14.2 Å². The molecule has 3 heterocycles. The van der Waals surface area contributed by atoms with Crippen LogP contribution in [0, 0.1) is 0 Å². The molecule has 10 heteroatoms. The summed E-state index contributed by atoms with van der Waals surface area (Å²) in [4.78, 5) is 41.4. The lowest BCUT2D eigenvalue weighted by Gasteiger charge is -2.36. The Morgan fingerprint density at radius 2 is 1.67 bits per heavy atom. The Hall–Kier alpha value is -3.85. The summed E-state index contributed by atoms with van der Waals surface area (Å²) in [5.74, 6) is -0.730. The van der Waals surface area contributed by atoms with Gasteiger partial charge in [0.25, 0.3) is 5.56 Å². The van der Waals surface area contributed by atoms with Gasteiger partial charge in [0.1, 0.15) is 11.6 Å². The normalized spacial score (nSPS) is 14.1. The smallest absolute Gasteiger partial charge is 0.408 e. The SMILES string of the molecule is O=C(Cn1c(=O)oc2ccccc21)N1CCN(c2cnn(-c3ccccc3)c(=O)c2Cl)CC1. The van der Waals surface area contributed by atoms with Crippen molar-refractivity contribution in [1.82, 2.24) is 19.2 Å². The predicted octanol–water partition coefficient (Wildman–Crippen LogP) is 2.14. The number of anilines is 1. The lowest BCUT2D eigenvalue weighted by molar-refractivity contribution is -0.132. The highest BCUT2D eigenvalue weighted by Gasteiger charge is 2.25. The number of hydrogen-bond acceptors (Lipinski definition) is 6. The highest BCUT2D eigenvalue weighted by molar-refractivity contribution is 6.33. The van der Waals surface area contributed by atoms with Crippen molar-refractivity contribution in [2.75, 3.05) is 31.1 Å². The molecule has 0 N–H and O–H groups in total. The first-order valence-corrected chi connectivity index (χ1v) is 10.8. The molecule has 0 bridgehead atoms. The van der Waals surface area contributed by atoms with Crippen LogP contribution in [-0.4, -0.2) is 51.3 Å². The third-order valence-electron chi connectivity index (χ3n) is 5.74. The van der Waals surface area contributed by atoms with Gasteiger partial charge in [-0.1, -0.05) is 41.9 Å². The molecule has 33 heavy (non-hydrogen) atoms. The average molecular weight is 466 g/mol. The third-order valence-corrected chi connectivity index (χ3v) is 6.10. The quantitative estimate of drug-likeness (QED) is 0.458. The number of para-hydroxylation sites is 3. The number of rotatable bonds is 4. The van der Waals surface area contributed by atoms with Crippen molar-refractivity contribution in [3.63, 3.8) is 0 Å². The van der Waals surface area contributed by atoms with Crippen LogP contribution in [0.1, 0.15) is 0 Å². The number of aromatic nitrogens is 3. The molecule has 2 aromatic heterocycles. The van der Waals surface area contributed by atoms with Crippen molar-refractivity contribution in [1.29, 1.82) is 0 Å². The number of nitrogens with zero attached hydrogens (tertiary/aromatic N) is 5. The van der Waals surface area contributed by atoms with Crippen molar-refractivity contribution in [3.05, 3.63) is 86.7 Å². The number of piperazine rings is 1. The summed E-state index contributed by atoms with van der Waals surface area (Å²) < 4.78 is 7.81. The molecule has 5 rings (SSSR count). The maximum absolute atomic E-state index is 12.8. The lowest BCUT2D eigenvalue weighted by Crippen LogP contribution is -2.50. The van der Waals surface area contributed by atoms with Crippen LogP contribution >= 0.6 is 11.6 Å². The Labute approximate surface area is 193 Å². The first kappa shape index (κ1) is 21.0. The van der Waals surface area contributed by atoms with E-state index in [1.54, 1.807) is 47.5 Å². The van der Waals surface area contributed by atoms with E-state index < -0.39 is 11.3 Å². The van der Waals surface area contributed by atoms with Gasteiger partial charge in [0, 0.05) is 26.2 Å². The minimum absolute atomic E-state index is 0.0880. The molecule has 1 fully saturated rings. The molecule has 0 atom stereocenters. The molecule has 168 valence electrons. The van der Waals surface area contributed by atoms with Gasteiger partial charge in [0.05, 0.1) is 23.1 Å². The fourth-order valence-corrected chi connectivity index (χ4v) is 4.24. The second kappa shape index (κ2) is 8.59. The second-order valence-corrected chi connectivity index (χ2v) is 8.06. The molecule has 0 spiro atoms. The Bertz CT molecular complexity index is 1430. The van der Waals surface area contributed by atoms with E-state index >= 15 is 0 Å². The van der Waals surface area contributed by atoms with Crippen LogP contribution in [0.3, 0.4) is 0 Å². The van der Waals surface area contributed by atoms with Crippen LogP contribution in [0.5, 0.6) is 0 Å². The van der Waals surface area contributed by atoms with E-state index in [-0.39, 0.29) is 17.5 Å². The highest BCUT2D eigenvalue weighted by atomic mass is 35.5. The van der Waals surface area contributed by atoms with E-state index in [1.807, 2.05) is 23.1 Å². The van der Waals surface area contributed by atoms with Gasteiger partial charge in [0.15, 0.2) is 5.58 Å². The molecular weight excluding hydrogens is 446 g/mol. The summed E-state index contributed by atoms with van der Waals surface area (Å²) >= 11 is 6.40. The van der Waals surface area contributed by atoms with Crippen LogP contribution in [0.15, 0.2) is 74.8 Å². The van der Waals surface area contributed by atoms with Gasteiger partial charge in [-0.15, -0.1) is 0 Å². The van der Waals surface area contributed by atoms with Crippen molar-refractivity contribution in [2.45, 2.75) is 6.54 Å². The van der Waals surface area contributed by atoms with E-state index in [4.69, 9.17) is 16.0 Å². The zero-order chi connectivity index (χ0) is 22.9. The van der Waals surface area contributed by atoms with Crippen molar-refractivity contribution in [3.8, 4) is 5.69 Å². The summed E-state index contributed by atoms with van der Waals surface area (Å²) in [6.07, 6.45) is 1.57. The molecule has 0 saturated carbocycles. The zero-order valence-electron chi connectivity index (χ0n) is 17.6. The van der Waals surface area contributed by atoms with Crippen LogP contribution in [0.25, 0.3) is 16.8 Å².